The Morgan fingerprint density at radius 1 is 0.964 bits per heavy atom. The van der Waals surface area contributed by atoms with Crippen molar-refractivity contribution >= 4 is 41.7 Å². The highest BCUT2D eigenvalue weighted by Crippen LogP contribution is 2.11. The molecule has 0 aromatic heterocycles. The van der Waals surface area contributed by atoms with E-state index in [1.807, 2.05) is 36.4 Å². The molecule has 1 amide bonds. The van der Waals surface area contributed by atoms with Gasteiger partial charge in [-0.2, -0.15) is 0 Å². The summed E-state index contributed by atoms with van der Waals surface area (Å²) in [7, 11) is 4.74. The summed E-state index contributed by atoms with van der Waals surface area (Å²) in [6, 6.07) is 15.6. The molecular weight excluding hydrogens is 471 g/mol. The van der Waals surface area contributed by atoms with Crippen LogP contribution in [0.25, 0.3) is 0 Å². The first kappa shape index (κ1) is 23.5. The summed E-state index contributed by atoms with van der Waals surface area (Å²) in [6.07, 6.45) is 0.404. The summed E-state index contributed by atoms with van der Waals surface area (Å²) in [5.41, 5.74) is 2.99. The van der Waals surface area contributed by atoms with Crippen molar-refractivity contribution in [2.45, 2.75) is 13.0 Å². The Kier molecular flexibility index (Phi) is 10.8. The molecule has 0 spiro atoms. The van der Waals surface area contributed by atoms with Gasteiger partial charge in [-0.05, 0) is 41.8 Å². The number of carbonyl (C=O) groups excluding carboxylic acids is 1. The third-order valence-electron chi connectivity index (χ3n) is 3.93. The first-order valence-electron chi connectivity index (χ1n) is 8.66. The molecule has 0 radical (unpaired) electrons. The largest absolute Gasteiger partial charge is 0.497 e. The number of guanidine groups is 1. The van der Waals surface area contributed by atoms with Gasteiger partial charge in [0.05, 0.1) is 14.2 Å². The lowest BCUT2D eigenvalue weighted by Crippen LogP contribution is -2.37. The van der Waals surface area contributed by atoms with Crippen molar-refractivity contribution in [3.8, 4) is 5.75 Å². The van der Waals surface area contributed by atoms with E-state index < -0.39 is 6.09 Å². The van der Waals surface area contributed by atoms with Crippen LogP contribution in [0.15, 0.2) is 53.5 Å². The maximum absolute atomic E-state index is 11.2. The smallest absolute Gasteiger partial charge is 0.411 e. The number of anilines is 1. The third-order valence-corrected chi connectivity index (χ3v) is 3.93. The monoisotopic (exact) mass is 498 g/mol. The normalized spacial score (nSPS) is 10.5. The standard InChI is InChI=1S/C20H26N4O3.HI/c1-21-19(22-13-12-15-6-10-18(26-2)11-7-15)23-14-16-4-8-17(9-5-16)24-20(25)27-3;/h4-11H,12-14H2,1-3H3,(H,24,25)(H2,21,22,23);1H. The van der Waals surface area contributed by atoms with E-state index >= 15 is 0 Å². The van der Waals surface area contributed by atoms with Crippen LogP contribution in [0.4, 0.5) is 10.5 Å². The predicted octanol–water partition coefficient (Wildman–Crippen LogP) is 3.40. The lowest BCUT2D eigenvalue weighted by Gasteiger charge is -2.12. The fourth-order valence-electron chi connectivity index (χ4n) is 2.40. The van der Waals surface area contributed by atoms with Gasteiger partial charge in [0.2, 0.25) is 0 Å². The maximum Gasteiger partial charge on any atom is 0.411 e. The van der Waals surface area contributed by atoms with Crippen molar-refractivity contribution in [3.05, 3.63) is 59.7 Å². The third kappa shape index (κ3) is 8.03. The van der Waals surface area contributed by atoms with Crippen LogP contribution in [0.5, 0.6) is 5.75 Å². The molecule has 2 rings (SSSR count). The Morgan fingerprint density at radius 2 is 1.61 bits per heavy atom. The van der Waals surface area contributed by atoms with E-state index in [-0.39, 0.29) is 24.0 Å². The number of carbonyl (C=O) groups is 1. The molecule has 7 nitrogen and oxygen atoms in total. The molecule has 0 aliphatic rings. The minimum absolute atomic E-state index is 0. The van der Waals surface area contributed by atoms with E-state index in [0.717, 1.165) is 30.2 Å². The van der Waals surface area contributed by atoms with Gasteiger partial charge in [0, 0.05) is 25.8 Å². The molecule has 0 saturated heterocycles. The molecule has 152 valence electrons. The molecule has 0 fully saturated rings. The minimum Gasteiger partial charge on any atom is -0.497 e. The summed E-state index contributed by atoms with van der Waals surface area (Å²) >= 11 is 0. The lowest BCUT2D eigenvalue weighted by atomic mass is 10.1. The van der Waals surface area contributed by atoms with Crippen molar-refractivity contribution in [3.63, 3.8) is 0 Å². The number of methoxy groups -OCH3 is 2. The van der Waals surface area contributed by atoms with Crippen LogP contribution < -0.4 is 20.7 Å². The lowest BCUT2D eigenvalue weighted by molar-refractivity contribution is 0.187. The van der Waals surface area contributed by atoms with Gasteiger partial charge >= 0.3 is 6.09 Å². The molecule has 0 saturated carbocycles. The van der Waals surface area contributed by atoms with Crippen LogP contribution in [0.2, 0.25) is 0 Å². The average molecular weight is 498 g/mol. The topological polar surface area (TPSA) is 84.0 Å². The maximum atomic E-state index is 11.2. The van der Waals surface area contributed by atoms with Gasteiger partial charge in [0.15, 0.2) is 5.96 Å². The number of ether oxygens (including phenoxy) is 2. The van der Waals surface area contributed by atoms with E-state index in [4.69, 9.17) is 4.74 Å². The number of amides is 1. The second-order valence-electron chi connectivity index (χ2n) is 5.76. The number of nitrogens with one attached hydrogen (secondary N) is 3. The van der Waals surface area contributed by atoms with Crippen molar-refractivity contribution in [1.82, 2.24) is 10.6 Å². The molecule has 3 N–H and O–H groups in total. The van der Waals surface area contributed by atoms with Crippen LogP contribution in [0.1, 0.15) is 11.1 Å². The predicted molar refractivity (Wildman–Crippen MR) is 123 cm³/mol. The Bertz CT molecular complexity index is 749. The molecule has 28 heavy (non-hydrogen) atoms. The first-order chi connectivity index (χ1) is 13.1. The molecule has 2 aromatic carbocycles. The van der Waals surface area contributed by atoms with E-state index in [2.05, 4.69) is 37.8 Å². The van der Waals surface area contributed by atoms with Crippen molar-refractivity contribution < 1.29 is 14.3 Å². The molecule has 2 aromatic rings. The van der Waals surface area contributed by atoms with E-state index in [1.54, 1.807) is 14.2 Å². The zero-order chi connectivity index (χ0) is 19.5. The number of hydrogen-bond donors (Lipinski definition) is 3. The number of rotatable bonds is 7. The van der Waals surface area contributed by atoms with Gasteiger partial charge in [0.1, 0.15) is 5.75 Å². The average Bonchev–Trinajstić information content (AvgIpc) is 2.72. The fourth-order valence-corrected chi connectivity index (χ4v) is 2.40. The van der Waals surface area contributed by atoms with Crippen LogP contribution in [0, 0.1) is 0 Å². The van der Waals surface area contributed by atoms with Crippen LogP contribution in [-0.2, 0) is 17.7 Å². The van der Waals surface area contributed by atoms with Crippen LogP contribution in [0.3, 0.4) is 0 Å². The van der Waals surface area contributed by atoms with E-state index in [9.17, 15) is 4.79 Å². The van der Waals surface area contributed by atoms with Crippen molar-refractivity contribution in [1.29, 1.82) is 0 Å². The van der Waals surface area contributed by atoms with Crippen LogP contribution >= 0.6 is 24.0 Å². The van der Waals surface area contributed by atoms with Gasteiger partial charge in [-0.25, -0.2) is 4.79 Å². The van der Waals surface area contributed by atoms with Gasteiger partial charge in [0.25, 0.3) is 0 Å². The highest BCUT2D eigenvalue weighted by molar-refractivity contribution is 14.0. The summed E-state index contributed by atoms with van der Waals surface area (Å²) in [5, 5.41) is 9.18. The number of nitrogens with zero attached hydrogens (tertiary/aromatic N) is 1. The second-order valence-corrected chi connectivity index (χ2v) is 5.76. The highest BCUT2D eigenvalue weighted by Gasteiger charge is 2.02. The highest BCUT2D eigenvalue weighted by atomic mass is 127. The zero-order valence-electron chi connectivity index (χ0n) is 16.3. The molecule has 0 aliphatic heterocycles. The molecule has 0 heterocycles. The number of halogens is 1. The Hall–Kier alpha value is -2.49. The molecule has 0 bridgehead atoms. The SMILES string of the molecule is CN=C(NCCc1ccc(OC)cc1)NCc1ccc(NC(=O)OC)cc1.I. The van der Waals surface area contributed by atoms with Crippen molar-refractivity contribution in [2.75, 3.05) is 33.1 Å². The summed E-state index contributed by atoms with van der Waals surface area (Å²) < 4.78 is 9.73. The van der Waals surface area contributed by atoms with Gasteiger partial charge < -0.3 is 20.1 Å². The number of aliphatic imine (C=N–C) groups is 1. The van der Waals surface area contributed by atoms with Crippen LogP contribution in [-0.4, -0.2) is 39.9 Å². The zero-order valence-corrected chi connectivity index (χ0v) is 18.7. The first-order valence-corrected chi connectivity index (χ1v) is 8.66. The molecule has 0 aliphatic carbocycles. The Labute approximate surface area is 182 Å². The molecular formula is C20H27IN4O3. The Morgan fingerprint density at radius 3 is 2.18 bits per heavy atom. The summed E-state index contributed by atoms with van der Waals surface area (Å²) in [4.78, 5) is 15.4. The summed E-state index contributed by atoms with van der Waals surface area (Å²) in [5.74, 6) is 1.59. The minimum atomic E-state index is -0.484. The van der Waals surface area contributed by atoms with Gasteiger partial charge in [-0.3, -0.25) is 10.3 Å². The quantitative estimate of drug-likeness (QED) is 0.310. The molecule has 0 unspecified atom stereocenters. The number of hydrogen-bond acceptors (Lipinski definition) is 4. The Balaban J connectivity index is 0.00000392. The van der Waals surface area contributed by atoms with E-state index in [1.165, 1.54) is 12.7 Å². The molecule has 8 heteroatoms. The fraction of sp³-hybridized carbons (Fsp3) is 0.300. The van der Waals surface area contributed by atoms with Crippen molar-refractivity contribution in [2.24, 2.45) is 4.99 Å². The van der Waals surface area contributed by atoms with Gasteiger partial charge in [-0.15, -0.1) is 24.0 Å². The summed E-state index contributed by atoms with van der Waals surface area (Å²) in [6.45, 7) is 1.40. The molecule has 0 atom stereocenters. The number of benzene rings is 2. The van der Waals surface area contributed by atoms with E-state index in [0.29, 0.717) is 12.2 Å². The second kappa shape index (κ2) is 12.8. The van der Waals surface area contributed by atoms with Gasteiger partial charge in [-0.1, -0.05) is 24.3 Å².